The van der Waals surface area contributed by atoms with Crippen LogP contribution >= 0.6 is 28.1 Å². The van der Waals surface area contributed by atoms with Crippen molar-refractivity contribution in [3.8, 4) is 0 Å². The molecule has 0 radical (unpaired) electrons. The minimum Gasteiger partial charge on any atom is -0.389 e. The third-order valence-corrected chi connectivity index (χ3v) is 2.61. The van der Waals surface area contributed by atoms with Crippen LogP contribution in [0, 0.1) is 0 Å². The SMILES string of the molecule is CN(C)c1ccc(C(N)=S)c(Br)c1. The molecular weight excluding hydrogens is 248 g/mol. The minimum absolute atomic E-state index is 0.414. The van der Waals surface area contributed by atoms with Crippen molar-refractivity contribution in [3.63, 3.8) is 0 Å². The van der Waals surface area contributed by atoms with Gasteiger partial charge in [0.05, 0.1) is 0 Å². The second-order valence-electron chi connectivity index (χ2n) is 2.92. The van der Waals surface area contributed by atoms with Crippen molar-refractivity contribution in [2.24, 2.45) is 5.73 Å². The molecule has 0 spiro atoms. The second-order valence-corrected chi connectivity index (χ2v) is 4.22. The summed E-state index contributed by atoms with van der Waals surface area (Å²) in [5.41, 5.74) is 7.52. The Bertz CT molecular complexity index is 336. The van der Waals surface area contributed by atoms with E-state index in [1.54, 1.807) is 0 Å². The van der Waals surface area contributed by atoms with Gasteiger partial charge < -0.3 is 10.6 Å². The molecule has 0 aliphatic carbocycles. The molecule has 0 aliphatic heterocycles. The molecular formula is C9H11BrN2S. The Hall–Kier alpha value is -0.610. The fourth-order valence-electron chi connectivity index (χ4n) is 0.982. The van der Waals surface area contributed by atoms with Gasteiger partial charge in [-0.15, -0.1) is 0 Å². The number of benzene rings is 1. The lowest BCUT2D eigenvalue weighted by atomic mass is 10.2. The second kappa shape index (κ2) is 4.07. The summed E-state index contributed by atoms with van der Waals surface area (Å²) in [5, 5.41) is 0. The number of anilines is 1. The Morgan fingerprint density at radius 1 is 1.46 bits per heavy atom. The number of thiocarbonyl (C=S) groups is 1. The van der Waals surface area contributed by atoms with Gasteiger partial charge in [0.1, 0.15) is 4.99 Å². The molecule has 1 aromatic carbocycles. The molecule has 0 heterocycles. The van der Waals surface area contributed by atoms with Crippen LogP contribution in [0.1, 0.15) is 5.56 Å². The third-order valence-electron chi connectivity index (χ3n) is 1.73. The van der Waals surface area contributed by atoms with Crippen LogP contribution < -0.4 is 10.6 Å². The van der Waals surface area contributed by atoms with E-state index in [1.165, 1.54) is 0 Å². The van der Waals surface area contributed by atoms with E-state index >= 15 is 0 Å². The van der Waals surface area contributed by atoms with Crippen LogP contribution in [-0.2, 0) is 0 Å². The average Bonchev–Trinajstić information content (AvgIpc) is 2.03. The molecule has 0 bridgehead atoms. The lowest BCUT2D eigenvalue weighted by molar-refractivity contribution is 1.13. The summed E-state index contributed by atoms with van der Waals surface area (Å²) >= 11 is 8.31. The largest absolute Gasteiger partial charge is 0.389 e. The zero-order valence-corrected chi connectivity index (χ0v) is 9.95. The Balaban J connectivity index is 3.13. The van der Waals surface area contributed by atoms with Gasteiger partial charge >= 0.3 is 0 Å². The van der Waals surface area contributed by atoms with Crippen molar-refractivity contribution in [1.82, 2.24) is 0 Å². The molecule has 0 saturated carbocycles. The Labute approximate surface area is 91.9 Å². The number of hydrogen-bond acceptors (Lipinski definition) is 2. The number of halogens is 1. The van der Waals surface area contributed by atoms with Crippen LogP contribution in [0.15, 0.2) is 22.7 Å². The monoisotopic (exact) mass is 258 g/mol. The molecule has 0 atom stereocenters. The lowest BCUT2D eigenvalue weighted by Gasteiger charge is -2.13. The van der Waals surface area contributed by atoms with Crippen LogP contribution in [0.2, 0.25) is 0 Å². The van der Waals surface area contributed by atoms with Crippen molar-refractivity contribution in [2.75, 3.05) is 19.0 Å². The average molecular weight is 259 g/mol. The van der Waals surface area contributed by atoms with Gasteiger partial charge in [0.2, 0.25) is 0 Å². The first-order valence-electron chi connectivity index (χ1n) is 3.79. The third kappa shape index (κ3) is 2.42. The summed E-state index contributed by atoms with van der Waals surface area (Å²) in [5.74, 6) is 0. The summed E-state index contributed by atoms with van der Waals surface area (Å²) < 4.78 is 0.936. The van der Waals surface area contributed by atoms with Crippen molar-refractivity contribution in [1.29, 1.82) is 0 Å². The summed E-state index contributed by atoms with van der Waals surface area (Å²) in [4.78, 5) is 2.44. The van der Waals surface area contributed by atoms with Gasteiger partial charge in [-0.1, -0.05) is 12.2 Å². The Morgan fingerprint density at radius 3 is 2.46 bits per heavy atom. The molecule has 4 heteroatoms. The highest BCUT2D eigenvalue weighted by Crippen LogP contribution is 2.22. The minimum atomic E-state index is 0.414. The predicted octanol–water partition coefficient (Wildman–Crippen LogP) is 2.15. The van der Waals surface area contributed by atoms with E-state index in [0.717, 1.165) is 15.7 Å². The van der Waals surface area contributed by atoms with Crippen molar-refractivity contribution >= 4 is 38.8 Å². The van der Waals surface area contributed by atoms with Gasteiger partial charge in [-0.25, -0.2) is 0 Å². The van der Waals surface area contributed by atoms with Crippen molar-refractivity contribution < 1.29 is 0 Å². The smallest absolute Gasteiger partial charge is 0.105 e. The van der Waals surface area contributed by atoms with Crippen LogP contribution in [0.3, 0.4) is 0 Å². The lowest BCUT2D eigenvalue weighted by Crippen LogP contribution is -2.12. The molecule has 0 unspecified atom stereocenters. The topological polar surface area (TPSA) is 29.3 Å². The summed E-state index contributed by atoms with van der Waals surface area (Å²) in [7, 11) is 3.98. The summed E-state index contributed by atoms with van der Waals surface area (Å²) in [6.07, 6.45) is 0. The first kappa shape index (κ1) is 10.5. The maximum absolute atomic E-state index is 5.53. The van der Waals surface area contributed by atoms with E-state index in [1.807, 2.05) is 37.2 Å². The number of rotatable bonds is 2. The molecule has 2 N–H and O–H groups in total. The van der Waals surface area contributed by atoms with Gasteiger partial charge in [-0.2, -0.15) is 0 Å². The summed E-state index contributed by atoms with van der Waals surface area (Å²) in [6.45, 7) is 0. The Kier molecular flexibility index (Phi) is 3.27. The van der Waals surface area contributed by atoms with E-state index in [0.29, 0.717) is 4.99 Å². The molecule has 70 valence electrons. The van der Waals surface area contributed by atoms with E-state index in [2.05, 4.69) is 15.9 Å². The van der Waals surface area contributed by atoms with E-state index < -0.39 is 0 Å². The zero-order chi connectivity index (χ0) is 10.0. The molecule has 0 aliphatic rings. The van der Waals surface area contributed by atoms with Gasteiger partial charge in [-0.05, 0) is 34.1 Å². The normalized spacial score (nSPS) is 9.77. The van der Waals surface area contributed by atoms with Crippen molar-refractivity contribution in [3.05, 3.63) is 28.2 Å². The molecule has 0 fully saturated rings. The van der Waals surface area contributed by atoms with Gasteiger partial charge in [0, 0.05) is 29.8 Å². The van der Waals surface area contributed by atoms with Gasteiger partial charge in [0.15, 0.2) is 0 Å². The molecule has 2 nitrogen and oxygen atoms in total. The van der Waals surface area contributed by atoms with Gasteiger partial charge in [0.25, 0.3) is 0 Å². The molecule has 13 heavy (non-hydrogen) atoms. The Morgan fingerprint density at radius 2 is 2.08 bits per heavy atom. The van der Waals surface area contributed by atoms with E-state index in [9.17, 15) is 0 Å². The molecule has 1 aromatic rings. The highest BCUT2D eigenvalue weighted by Gasteiger charge is 2.04. The van der Waals surface area contributed by atoms with Crippen molar-refractivity contribution in [2.45, 2.75) is 0 Å². The molecule has 1 rings (SSSR count). The maximum atomic E-state index is 5.53. The molecule has 0 aromatic heterocycles. The zero-order valence-electron chi connectivity index (χ0n) is 7.54. The van der Waals surface area contributed by atoms with Crippen LogP contribution in [0.4, 0.5) is 5.69 Å². The predicted molar refractivity (Wildman–Crippen MR) is 64.4 cm³/mol. The fourth-order valence-corrected chi connectivity index (χ4v) is 1.87. The maximum Gasteiger partial charge on any atom is 0.105 e. The van der Waals surface area contributed by atoms with E-state index in [-0.39, 0.29) is 0 Å². The first-order chi connectivity index (χ1) is 6.02. The summed E-state index contributed by atoms with van der Waals surface area (Å²) in [6, 6.07) is 5.90. The first-order valence-corrected chi connectivity index (χ1v) is 4.99. The standard InChI is InChI=1S/C9H11BrN2S/c1-12(2)6-3-4-7(9(11)13)8(10)5-6/h3-5H,1-2H3,(H2,11,13). The fraction of sp³-hybridized carbons (Fsp3) is 0.222. The number of hydrogen-bond donors (Lipinski definition) is 1. The highest BCUT2D eigenvalue weighted by atomic mass is 79.9. The number of nitrogens with two attached hydrogens (primary N) is 1. The van der Waals surface area contributed by atoms with E-state index in [4.69, 9.17) is 18.0 Å². The quantitative estimate of drug-likeness (QED) is 0.825. The van der Waals surface area contributed by atoms with Crippen LogP contribution in [-0.4, -0.2) is 19.1 Å². The highest BCUT2D eigenvalue weighted by molar-refractivity contribution is 9.10. The number of nitrogens with zero attached hydrogens (tertiary/aromatic N) is 1. The van der Waals surface area contributed by atoms with Crippen LogP contribution in [0.5, 0.6) is 0 Å². The molecule has 0 saturated heterocycles. The molecule has 0 amide bonds. The van der Waals surface area contributed by atoms with Gasteiger partial charge in [-0.3, -0.25) is 0 Å². The van der Waals surface area contributed by atoms with Crippen LogP contribution in [0.25, 0.3) is 0 Å².